The van der Waals surface area contributed by atoms with Crippen molar-refractivity contribution in [1.29, 1.82) is 0 Å². The van der Waals surface area contributed by atoms with E-state index in [0.29, 0.717) is 0 Å². The second-order valence-corrected chi connectivity index (χ2v) is 6.33. The Balaban J connectivity index is 0.000000810. The quantitative estimate of drug-likeness (QED) is 0.438. The van der Waals surface area contributed by atoms with Gasteiger partial charge in [-0.2, -0.15) is 0 Å². The van der Waals surface area contributed by atoms with Crippen LogP contribution in [0.4, 0.5) is 0 Å². The minimum absolute atomic E-state index is 0. The van der Waals surface area contributed by atoms with Crippen LogP contribution >= 0.6 is 18.1 Å². The molecule has 1 aromatic rings. The standard InChI is InChI=1S/C6H7PS2.Ni/c8-7(9)6-4-2-1-3-5-6;/h1-5,7H,(H,8,9);. The van der Waals surface area contributed by atoms with Crippen molar-refractivity contribution in [1.82, 2.24) is 0 Å². The molecule has 0 heterocycles. The van der Waals surface area contributed by atoms with Crippen molar-refractivity contribution in [3.63, 3.8) is 0 Å². The number of thiol groups is 1. The summed E-state index contributed by atoms with van der Waals surface area (Å²) in [6, 6.07) is 10.0. The molecule has 0 fully saturated rings. The fraction of sp³-hybridized carbons (Fsp3) is 0. The zero-order chi connectivity index (χ0) is 6.69. The summed E-state index contributed by atoms with van der Waals surface area (Å²) in [7, 11) is 0. The molecule has 0 aliphatic carbocycles. The molecule has 0 aliphatic rings. The van der Waals surface area contributed by atoms with E-state index in [1.807, 2.05) is 30.3 Å². The minimum Gasteiger partial charge on any atom is -0.140 e. The molecule has 0 N–H and O–H groups in total. The molecule has 1 unspecified atom stereocenters. The maximum absolute atomic E-state index is 5.01. The van der Waals surface area contributed by atoms with E-state index in [4.69, 9.17) is 11.8 Å². The molecule has 0 amide bonds. The molecule has 0 nitrogen and oxygen atoms in total. The van der Waals surface area contributed by atoms with E-state index < -0.39 is 5.90 Å². The topological polar surface area (TPSA) is 0 Å². The van der Waals surface area contributed by atoms with Crippen LogP contribution in [0.15, 0.2) is 30.3 Å². The normalized spacial score (nSPS) is 11.7. The largest absolute Gasteiger partial charge is 0.140 e. The molecular weight excluding hydrogens is 226 g/mol. The Morgan fingerprint density at radius 3 is 2.00 bits per heavy atom. The predicted molar refractivity (Wildman–Crippen MR) is 50.7 cm³/mol. The Hall–Kier alpha value is 0.714. The third-order valence-corrected chi connectivity index (χ3v) is 3.33. The molecule has 0 saturated carbocycles. The van der Waals surface area contributed by atoms with Gasteiger partial charge in [0, 0.05) is 22.4 Å². The second-order valence-electron chi connectivity index (χ2n) is 1.67. The maximum atomic E-state index is 5.01. The van der Waals surface area contributed by atoms with Crippen molar-refractivity contribution in [3.05, 3.63) is 30.3 Å². The van der Waals surface area contributed by atoms with Crippen LogP contribution in [0.25, 0.3) is 0 Å². The van der Waals surface area contributed by atoms with Gasteiger partial charge in [0.05, 0.1) is 0 Å². The molecule has 0 aliphatic heterocycles. The van der Waals surface area contributed by atoms with Crippen LogP contribution in [-0.4, -0.2) is 0 Å². The fourth-order valence-electron chi connectivity index (χ4n) is 0.581. The third kappa shape index (κ3) is 3.21. The number of benzene rings is 1. The molecule has 4 heteroatoms. The van der Waals surface area contributed by atoms with Gasteiger partial charge in [-0.05, 0) is 5.30 Å². The van der Waals surface area contributed by atoms with E-state index in [1.165, 1.54) is 5.30 Å². The molecule has 1 atom stereocenters. The van der Waals surface area contributed by atoms with E-state index in [9.17, 15) is 0 Å². The van der Waals surface area contributed by atoms with Gasteiger partial charge >= 0.3 is 0 Å². The summed E-state index contributed by atoms with van der Waals surface area (Å²) in [5.74, 6) is -0.934. The van der Waals surface area contributed by atoms with Crippen molar-refractivity contribution in [2.45, 2.75) is 0 Å². The van der Waals surface area contributed by atoms with Gasteiger partial charge in [-0.3, -0.25) is 0 Å². The van der Waals surface area contributed by atoms with Gasteiger partial charge in [-0.25, -0.2) is 0 Å². The first-order chi connectivity index (χ1) is 4.30. The average Bonchev–Trinajstić information content (AvgIpc) is 1.90. The first-order valence-corrected chi connectivity index (χ1v) is 6.51. The molecule has 0 radical (unpaired) electrons. The number of hydrogen-bond acceptors (Lipinski definition) is 1. The van der Waals surface area contributed by atoms with Crippen molar-refractivity contribution in [2.24, 2.45) is 0 Å². The van der Waals surface area contributed by atoms with Crippen molar-refractivity contribution in [2.75, 3.05) is 0 Å². The molecule has 0 aromatic heterocycles. The zero-order valence-corrected chi connectivity index (χ0v) is 8.76. The van der Waals surface area contributed by atoms with Gasteiger partial charge in [0.2, 0.25) is 0 Å². The summed E-state index contributed by atoms with van der Waals surface area (Å²) in [6.07, 6.45) is 0. The van der Waals surface area contributed by atoms with Crippen LogP contribution < -0.4 is 5.30 Å². The van der Waals surface area contributed by atoms with Gasteiger partial charge < -0.3 is 0 Å². The van der Waals surface area contributed by atoms with E-state index in [2.05, 4.69) is 12.2 Å². The molecule has 58 valence electrons. The van der Waals surface area contributed by atoms with Crippen LogP contribution in [0.3, 0.4) is 0 Å². The SMILES string of the molecule is S=[PH](S)c1ccccc1.[Ni]. The van der Waals surface area contributed by atoms with Crippen LogP contribution in [0, 0.1) is 0 Å². The monoisotopic (exact) mass is 232 g/mol. The molecule has 1 aromatic carbocycles. The van der Waals surface area contributed by atoms with Crippen LogP contribution in [-0.2, 0) is 28.3 Å². The van der Waals surface area contributed by atoms with E-state index >= 15 is 0 Å². The summed E-state index contributed by atoms with van der Waals surface area (Å²) >= 11 is 9.22. The summed E-state index contributed by atoms with van der Waals surface area (Å²) < 4.78 is 0. The molecule has 0 saturated heterocycles. The van der Waals surface area contributed by atoms with Gasteiger partial charge in [-0.15, -0.1) is 12.2 Å². The number of rotatable bonds is 1. The Bertz CT molecular complexity index is 212. The predicted octanol–water partition coefficient (Wildman–Crippen LogP) is 1.83. The Labute approximate surface area is 81.9 Å². The summed E-state index contributed by atoms with van der Waals surface area (Å²) in [6.45, 7) is 0. The first kappa shape index (κ1) is 10.7. The smallest absolute Gasteiger partial charge is 0.0187 e. The van der Waals surface area contributed by atoms with E-state index in [-0.39, 0.29) is 16.5 Å². The molecule has 1 rings (SSSR count). The molecule has 10 heavy (non-hydrogen) atoms. The van der Waals surface area contributed by atoms with Crippen LogP contribution in [0.2, 0.25) is 0 Å². The van der Waals surface area contributed by atoms with Crippen LogP contribution in [0.5, 0.6) is 0 Å². The summed E-state index contributed by atoms with van der Waals surface area (Å²) in [4.78, 5) is 0. The first-order valence-electron chi connectivity index (χ1n) is 2.59. The van der Waals surface area contributed by atoms with Crippen molar-refractivity contribution >= 4 is 35.3 Å². The average molecular weight is 233 g/mol. The Morgan fingerprint density at radius 1 is 1.20 bits per heavy atom. The molecule has 0 spiro atoms. The Kier molecular flexibility index (Phi) is 5.76. The third-order valence-electron chi connectivity index (χ3n) is 1.02. The van der Waals surface area contributed by atoms with Gasteiger partial charge in [0.25, 0.3) is 0 Å². The second kappa shape index (κ2) is 5.38. The van der Waals surface area contributed by atoms with E-state index in [0.717, 1.165) is 0 Å². The van der Waals surface area contributed by atoms with Crippen LogP contribution in [0.1, 0.15) is 0 Å². The minimum atomic E-state index is -0.934. The van der Waals surface area contributed by atoms with Crippen molar-refractivity contribution < 1.29 is 16.5 Å². The summed E-state index contributed by atoms with van der Waals surface area (Å²) in [5, 5.41) is 1.20. The Morgan fingerprint density at radius 2 is 1.70 bits per heavy atom. The van der Waals surface area contributed by atoms with Gasteiger partial charge in [0.1, 0.15) is 0 Å². The van der Waals surface area contributed by atoms with Gasteiger partial charge in [-0.1, -0.05) is 42.1 Å². The molecule has 0 bridgehead atoms. The zero-order valence-electron chi connectivity index (χ0n) is 5.06. The van der Waals surface area contributed by atoms with E-state index in [1.54, 1.807) is 0 Å². The van der Waals surface area contributed by atoms with Gasteiger partial charge in [0.15, 0.2) is 0 Å². The molecular formula is C6H7NiPS2. The number of hydrogen-bond donors (Lipinski definition) is 1. The fourth-order valence-corrected chi connectivity index (χ4v) is 1.91. The maximum Gasteiger partial charge on any atom is 0.0187 e. The summed E-state index contributed by atoms with van der Waals surface area (Å²) in [5.41, 5.74) is 0. The van der Waals surface area contributed by atoms with Crippen molar-refractivity contribution in [3.8, 4) is 0 Å².